The molecule has 0 unspecified atom stereocenters. The van der Waals surface area contributed by atoms with E-state index in [1.165, 1.54) is 0 Å². The van der Waals surface area contributed by atoms with Gasteiger partial charge in [0.25, 0.3) is 0 Å². The molecule has 0 saturated heterocycles. The molecule has 0 aliphatic rings. The number of para-hydroxylation sites is 1. The molecule has 0 saturated carbocycles. The maximum atomic E-state index is 9.76. The summed E-state index contributed by atoms with van der Waals surface area (Å²) in [6, 6.07) is 11.2. The van der Waals surface area contributed by atoms with Crippen molar-refractivity contribution >= 4 is 11.6 Å². The molecule has 2 aromatic carbocycles. The molecule has 2 rings (SSSR count). The van der Waals surface area contributed by atoms with Gasteiger partial charge in [0, 0.05) is 10.6 Å². The number of ether oxygens (including phenoxy) is 1. The second-order valence-electron chi connectivity index (χ2n) is 4.68. The zero-order chi connectivity index (χ0) is 14.0. The third-order valence-electron chi connectivity index (χ3n) is 3.01. The van der Waals surface area contributed by atoms with Crippen LogP contribution in [0, 0.1) is 13.8 Å². The lowest BCUT2D eigenvalue weighted by atomic mass is 10.1. The van der Waals surface area contributed by atoms with Crippen molar-refractivity contribution in [3.8, 4) is 11.5 Å². The summed E-state index contributed by atoms with van der Waals surface area (Å²) >= 11 is 6.01. The average Bonchev–Trinajstić information content (AvgIpc) is 2.34. The lowest BCUT2D eigenvalue weighted by molar-refractivity contribution is 0.195. The fourth-order valence-electron chi connectivity index (χ4n) is 2.09. The highest BCUT2D eigenvalue weighted by molar-refractivity contribution is 6.30. The van der Waals surface area contributed by atoms with Crippen LogP contribution in [0.1, 0.15) is 29.7 Å². The summed E-state index contributed by atoms with van der Waals surface area (Å²) in [4.78, 5) is 0. The third kappa shape index (κ3) is 3.09. The van der Waals surface area contributed by atoms with Crippen LogP contribution in [0.5, 0.6) is 11.5 Å². The minimum absolute atomic E-state index is 0.566. The van der Waals surface area contributed by atoms with Gasteiger partial charge in [-0.25, -0.2) is 0 Å². The molecule has 0 aromatic heterocycles. The van der Waals surface area contributed by atoms with Gasteiger partial charge in [-0.05, 0) is 50.1 Å². The number of halogens is 1. The minimum Gasteiger partial charge on any atom is -0.456 e. The van der Waals surface area contributed by atoms with Crippen LogP contribution in [0.2, 0.25) is 5.02 Å². The molecule has 0 spiro atoms. The van der Waals surface area contributed by atoms with Crippen molar-refractivity contribution in [3.63, 3.8) is 0 Å². The fraction of sp³-hybridized carbons (Fsp3) is 0.250. The number of hydrogen-bond acceptors (Lipinski definition) is 2. The van der Waals surface area contributed by atoms with Crippen molar-refractivity contribution in [3.05, 3.63) is 58.1 Å². The average molecular weight is 277 g/mol. The Hall–Kier alpha value is -1.51. The Balaban J connectivity index is 2.42. The lowest BCUT2D eigenvalue weighted by Crippen LogP contribution is -1.98. The van der Waals surface area contributed by atoms with Crippen LogP contribution >= 0.6 is 11.6 Å². The van der Waals surface area contributed by atoms with E-state index in [9.17, 15) is 5.11 Å². The number of aliphatic hydroxyl groups is 1. The van der Waals surface area contributed by atoms with Crippen molar-refractivity contribution in [1.29, 1.82) is 0 Å². The molecule has 3 heteroatoms. The Kier molecular flexibility index (Phi) is 4.13. The minimum atomic E-state index is -0.566. The molecular weight excluding hydrogens is 260 g/mol. The first-order valence-corrected chi connectivity index (χ1v) is 6.58. The van der Waals surface area contributed by atoms with Crippen molar-refractivity contribution in [2.75, 3.05) is 0 Å². The molecular formula is C16H17ClO2. The summed E-state index contributed by atoms with van der Waals surface area (Å²) in [7, 11) is 0. The highest BCUT2D eigenvalue weighted by Gasteiger charge is 2.12. The predicted octanol–water partition coefficient (Wildman–Crippen LogP) is 4.80. The Bertz CT molecular complexity index is 568. The molecule has 2 nitrogen and oxygen atoms in total. The van der Waals surface area contributed by atoms with Crippen LogP contribution in [-0.4, -0.2) is 5.11 Å². The molecule has 1 N–H and O–H groups in total. The van der Waals surface area contributed by atoms with Gasteiger partial charge in [-0.3, -0.25) is 0 Å². The molecule has 0 aliphatic heterocycles. The summed E-state index contributed by atoms with van der Waals surface area (Å²) in [6.45, 7) is 5.64. The van der Waals surface area contributed by atoms with Gasteiger partial charge in [-0.1, -0.05) is 29.8 Å². The number of hydrogen-bond donors (Lipinski definition) is 1. The van der Waals surface area contributed by atoms with E-state index in [2.05, 4.69) is 0 Å². The van der Waals surface area contributed by atoms with E-state index in [0.717, 1.165) is 22.4 Å². The Morgan fingerprint density at radius 2 is 1.68 bits per heavy atom. The zero-order valence-corrected chi connectivity index (χ0v) is 12.0. The molecule has 0 bridgehead atoms. The number of benzene rings is 2. The Labute approximate surface area is 118 Å². The lowest BCUT2D eigenvalue weighted by Gasteiger charge is -2.16. The van der Waals surface area contributed by atoms with Crippen molar-refractivity contribution < 1.29 is 9.84 Å². The van der Waals surface area contributed by atoms with Crippen LogP contribution in [0.25, 0.3) is 0 Å². The smallest absolute Gasteiger partial charge is 0.133 e. The fourth-order valence-corrected chi connectivity index (χ4v) is 2.41. The SMILES string of the molecule is Cc1cc(Cl)cc(C)c1Oc1ccccc1[C@H](C)O. The monoisotopic (exact) mass is 276 g/mol. The standard InChI is InChI=1S/C16H17ClO2/c1-10-8-13(17)9-11(2)16(10)19-15-7-5-4-6-14(15)12(3)18/h4-9,12,18H,1-3H3/t12-/m0/s1. The second-order valence-corrected chi connectivity index (χ2v) is 5.12. The van der Waals surface area contributed by atoms with Crippen LogP contribution < -0.4 is 4.74 Å². The van der Waals surface area contributed by atoms with Crippen molar-refractivity contribution in [2.45, 2.75) is 26.9 Å². The largest absolute Gasteiger partial charge is 0.456 e. The Morgan fingerprint density at radius 3 is 2.26 bits per heavy atom. The normalized spacial score (nSPS) is 12.3. The quantitative estimate of drug-likeness (QED) is 0.872. The number of aryl methyl sites for hydroxylation is 2. The first-order valence-electron chi connectivity index (χ1n) is 6.20. The second kappa shape index (κ2) is 5.64. The summed E-state index contributed by atoms with van der Waals surface area (Å²) in [5, 5.41) is 10.5. The van der Waals surface area contributed by atoms with E-state index in [4.69, 9.17) is 16.3 Å². The van der Waals surface area contributed by atoms with Crippen LogP contribution in [0.15, 0.2) is 36.4 Å². The molecule has 0 heterocycles. The van der Waals surface area contributed by atoms with E-state index in [0.29, 0.717) is 10.8 Å². The molecule has 1 atom stereocenters. The first-order chi connectivity index (χ1) is 8.99. The molecule has 100 valence electrons. The van der Waals surface area contributed by atoms with Crippen molar-refractivity contribution in [1.82, 2.24) is 0 Å². The molecule has 2 aromatic rings. The van der Waals surface area contributed by atoms with E-state index < -0.39 is 6.10 Å². The molecule has 0 fully saturated rings. The van der Waals surface area contributed by atoms with Crippen molar-refractivity contribution in [2.24, 2.45) is 0 Å². The number of aliphatic hydroxyl groups excluding tert-OH is 1. The van der Waals surface area contributed by atoms with E-state index in [1.807, 2.05) is 50.2 Å². The van der Waals surface area contributed by atoms with Gasteiger partial charge in [0.05, 0.1) is 6.10 Å². The maximum absolute atomic E-state index is 9.76. The predicted molar refractivity (Wildman–Crippen MR) is 78.1 cm³/mol. The number of rotatable bonds is 3. The van der Waals surface area contributed by atoms with Crippen LogP contribution in [-0.2, 0) is 0 Å². The van der Waals surface area contributed by atoms with E-state index in [-0.39, 0.29) is 0 Å². The van der Waals surface area contributed by atoms with Gasteiger partial charge in [0.2, 0.25) is 0 Å². The molecule has 0 aliphatic carbocycles. The summed E-state index contributed by atoms with van der Waals surface area (Å²) in [5.74, 6) is 1.46. The molecule has 19 heavy (non-hydrogen) atoms. The van der Waals surface area contributed by atoms with E-state index in [1.54, 1.807) is 6.92 Å². The highest BCUT2D eigenvalue weighted by Crippen LogP contribution is 2.34. The van der Waals surface area contributed by atoms with Crippen LogP contribution in [0.4, 0.5) is 0 Å². The highest BCUT2D eigenvalue weighted by atomic mass is 35.5. The summed E-state index contributed by atoms with van der Waals surface area (Å²) in [6.07, 6.45) is -0.566. The van der Waals surface area contributed by atoms with E-state index >= 15 is 0 Å². The Morgan fingerprint density at radius 1 is 1.11 bits per heavy atom. The van der Waals surface area contributed by atoms with Gasteiger partial charge in [-0.15, -0.1) is 0 Å². The summed E-state index contributed by atoms with van der Waals surface area (Å²) in [5.41, 5.74) is 2.73. The molecule has 0 amide bonds. The molecule has 0 radical (unpaired) electrons. The first kappa shape index (κ1) is 13.9. The van der Waals surface area contributed by atoms with Gasteiger partial charge in [-0.2, -0.15) is 0 Å². The van der Waals surface area contributed by atoms with Gasteiger partial charge >= 0.3 is 0 Å². The van der Waals surface area contributed by atoms with Crippen LogP contribution in [0.3, 0.4) is 0 Å². The van der Waals surface area contributed by atoms with Gasteiger partial charge in [0.1, 0.15) is 11.5 Å². The maximum Gasteiger partial charge on any atom is 0.133 e. The van der Waals surface area contributed by atoms with Gasteiger partial charge < -0.3 is 9.84 Å². The zero-order valence-electron chi connectivity index (χ0n) is 11.3. The summed E-state index contributed by atoms with van der Waals surface area (Å²) < 4.78 is 5.97. The topological polar surface area (TPSA) is 29.5 Å². The van der Waals surface area contributed by atoms with Gasteiger partial charge in [0.15, 0.2) is 0 Å². The third-order valence-corrected chi connectivity index (χ3v) is 3.22.